The highest BCUT2D eigenvalue weighted by atomic mass is 127. The summed E-state index contributed by atoms with van der Waals surface area (Å²) in [7, 11) is 2.03. The Morgan fingerprint density at radius 3 is 2.58 bits per heavy atom. The normalized spacial score (nSPS) is 25.1. The Morgan fingerprint density at radius 1 is 1.22 bits per heavy atom. The van der Waals surface area contributed by atoms with E-state index < -0.39 is 6.10 Å². The van der Waals surface area contributed by atoms with Crippen LogP contribution in [-0.4, -0.2) is 39.1 Å². The fraction of sp³-hybridized carbons (Fsp3) is 0.370. The summed E-state index contributed by atoms with van der Waals surface area (Å²) in [6.07, 6.45) is 5.62. The lowest BCUT2D eigenvalue weighted by Gasteiger charge is -2.58. The van der Waals surface area contributed by atoms with Crippen molar-refractivity contribution in [2.75, 3.05) is 13.1 Å². The van der Waals surface area contributed by atoms with Crippen molar-refractivity contribution in [2.45, 2.75) is 31.5 Å². The van der Waals surface area contributed by atoms with Gasteiger partial charge in [-0.05, 0) is 24.1 Å². The molecule has 0 saturated carbocycles. The van der Waals surface area contributed by atoms with Crippen LogP contribution in [0.25, 0.3) is 10.9 Å². The smallest absolute Gasteiger partial charge is 0.269 e. The molecule has 4 heterocycles. The number of nitro groups is 1. The second-order valence-electron chi connectivity index (χ2n) is 9.80. The Morgan fingerprint density at radius 2 is 1.92 bits per heavy atom. The first-order valence-corrected chi connectivity index (χ1v) is 11.7. The molecule has 5 atom stereocenters. The van der Waals surface area contributed by atoms with Crippen LogP contribution in [0.1, 0.15) is 30.1 Å². The van der Waals surface area contributed by atoms with Gasteiger partial charge in [0, 0.05) is 54.2 Å². The number of rotatable bonds is 6. The molecule has 3 saturated heterocycles. The molecule has 0 unspecified atom stereocenters. The lowest BCUT2D eigenvalue weighted by atomic mass is 9.71. The fourth-order valence-electron chi connectivity index (χ4n) is 6.32. The molecule has 9 heteroatoms. The van der Waals surface area contributed by atoms with Crippen LogP contribution in [0.15, 0.2) is 73.4 Å². The first-order chi connectivity index (χ1) is 15.9. The van der Waals surface area contributed by atoms with Crippen LogP contribution in [0.2, 0.25) is 0 Å². The van der Waals surface area contributed by atoms with E-state index in [9.17, 15) is 15.2 Å². The summed E-state index contributed by atoms with van der Waals surface area (Å²) >= 11 is 0. The van der Waals surface area contributed by atoms with E-state index in [-0.39, 0.29) is 63.1 Å². The molecule has 0 radical (unpaired) electrons. The predicted octanol–water partition coefficient (Wildman–Crippen LogP) is -2.60. The van der Waals surface area contributed by atoms with E-state index >= 15 is 0 Å². The molecule has 0 aliphatic carbocycles. The Kier molecular flexibility index (Phi) is 10.2. The number of hydrogen-bond acceptors (Lipinski definition) is 3. The van der Waals surface area contributed by atoms with Gasteiger partial charge in [0.25, 0.3) is 5.69 Å². The number of nitro benzene ring substituents is 1. The van der Waals surface area contributed by atoms with Crippen molar-refractivity contribution in [2.24, 2.45) is 18.9 Å². The molecule has 3 aromatic rings. The van der Waals surface area contributed by atoms with Gasteiger partial charge in [-0.2, -0.15) is 0 Å². The van der Waals surface area contributed by atoms with Crippen LogP contribution in [0.4, 0.5) is 5.69 Å². The van der Waals surface area contributed by atoms with Crippen molar-refractivity contribution >= 4 is 16.6 Å². The molecular weight excluding hydrogens is 637 g/mol. The fourth-order valence-corrected chi connectivity index (χ4v) is 6.32. The van der Waals surface area contributed by atoms with E-state index in [1.165, 1.54) is 0 Å². The number of non-ortho nitro benzene ring substituents is 1. The second-order valence-corrected chi connectivity index (χ2v) is 9.80. The second kappa shape index (κ2) is 12.1. The lowest BCUT2D eigenvalue weighted by molar-refractivity contribution is -0.984. The molecule has 3 N–H and O–H groups in total. The zero-order valence-electron chi connectivity index (χ0n) is 20.3. The van der Waals surface area contributed by atoms with E-state index in [1.807, 2.05) is 37.5 Å². The standard InChI is InChI=1S/C27H31N3O3.BrH.HI.H2O/c1-3-20-18-30(17-19-8-10-22(11-9-19)29(32)33)15-13-21(20)16-26(30)27(31)24-12-14-28(2)25-7-5-4-6-23(24)25;;;/h3-12,14,20-21,26-27,31H,1,13,15-18H2,2H3;2*1H;1H2/q+2;;;/p-2/t20-,21-,26+,27-,30+;;;/m0.../s1. The van der Waals surface area contributed by atoms with Crippen LogP contribution in [0.5, 0.6) is 0 Å². The third kappa shape index (κ3) is 5.35. The molecule has 2 bridgehead atoms. The van der Waals surface area contributed by atoms with Gasteiger partial charge < -0.3 is 56.0 Å². The third-order valence-corrected chi connectivity index (χ3v) is 8.08. The maximum absolute atomic E-state index is 11.8. The van der Waals surface area contributed by atoms with Gasteiger partial charge in [-0.15, -0.1) is 6.58 Å². The minimum atomic E-state index is -0.581. The molecule has 1 aromatic heterocycles. The highest BCUT2D eigenvalue weighted by molar-refractivity contribution is 5.79. The molecule has 194 valence electrons. The van der Waals surface area contributed by atoms with Gasteiger partial charge in [0.2, 0.25) is 5.52 Å². The number of pyridine rings is 1. The SMILES string of the molecule is C=C[C@H]1C[N@+]2(Cc3ccc([N+](=O)[O-])cc3)CC[C@H]1C[C@@H]2[C@@H](O)c1cc[n+](C)c2ccccc12.O.[Br-].[I-]. The number of aryl methyl sites for hydroxylation is 1. The van der Waals surface area contributed by atoms with E-state index in [1.54, 1.807) is 12.1 Å². The lowest BCUT2D eigenvalue weighted by Crippen LogP contribution is -3.00. The predicted molar refractivity (Wildman–Crippen MR) is 131 cm³/mol. The molecular formula is C27H33BrIN3O4. The number of halogens is 2. The van der Waals surface area contributed by atoms with Crippen LogP contribution in [-0.2, 0) is 13.6 Å². The monoisotopic (exact) mass is 669 g/mol. The first kappa shape index (κ1) is 30.3. The minimum absolute atomic E-state index is 0. The molecule has 6 rings (SSSR count). The number of quaternary nitrogens is 1. The molecule has 0 spiro atoms. The number of aromatic nitrogens is 1. The summed E-state index contributed by atoms with van der Waals surface area (Å²) in [6.45, 7) is 6.82. The minimum Gasteiger partial charge on any atom is -1.00 e. The topological polar surface area (TPSA) is 98.8 Å². The Labute approximate surface area is 239 Å². The maximum atomic E-state index is 11.8. The van der Waals surface area contributed by atoms with Gasteiger partial charge >= 0.3 is 0 Å². The van der Waals surface area contributed by atoms with E-state index in [2.05, 4.69) is 35.4 Å². The summed E-state index contributed by atoms with van der Waals surface area (Å²) in [5, 5.41) is 24.0. The maximum Gasteiger partial charge on any atom is 0.269 e. The van der Waals surface area contributed by atoms with Gasteiger partial charge in [0.1, 0.15) is 25.7 Å². The largest absolute Gasteiger partial charge is 1.00 e. The highest BCUT2D eigenvalue weighted by Gasteiger charge is 2.54. The van der Waals surface area contributed by atoms with Gasteiger partial charge in [-0.3, -0.25) is 10.1 Å². The van der Waals surface area contributed by atoms with Crippen LogP contribution < -0.4 is 45.5 Å². The molecule has 2 aromatic carbocycles. The highest BCUT2D eigenvalue weighted by Crippen LogP contribution is 2.48. The Balaban J connectivity index is 0.00000152. The number of piperidine rings is 3. The molecule has 7 nitrogen and oxygen atoms in total. The molecule has 3 aliphatic heterocycles. The van der Waals surface area contributed by atoms with E-state index in [0.29, 0.717) is 11.8 Å². The van der Waals surface area contributed by atoms with Crippen LogP contribution in [0.3, 0.4) is 0 Å². The molecule has 0 amide bonds. The number of hydrogen-bond donors (Lipinski definition) is 1. The van der Waals surface area contributed by atoms with Crippen molar-refractivity contribution in [3.63, 3.8) is 0 Å². The average molecular weight is 670 g/mol. The molecule has 3 fully saturated rings. The van der Waals surface area contributed by atoms with E-state index in [4.69, 9.17) is 0 Å². The number of para-hydroxylation sites is 1. The quantitative estimate of drug-likeness (QED) is 0.0779. The van der Waals surface area contributed by atoms with Crippen molar-refractivity contribution in [3.8, 4) is 0 Å². The van der Waals surface area contributed by atoms with Crippen molar-refractivity contribution in [1.82, 2.24) is 0 Å². The number of aliphatic hydroxyl groups excluding tert-OH is 1. The zero-order chi connectivity index (χ0) is 23.2. The number of nitrogens with zero attached hydrogens (tertiary/aromatic N) is 3. The number of aliphatic hydroxyl groups is 1. The van der Waals surface area contributed by atoms with Gasteiger partial charge in [-0.25, -0.2) is 4.57 Å². The zero-order valence-corrected chi connectivity index (χ0v) is 24.0. The van der Waals surface area contributed by atoms with Crippen molar-refractivity contribution < 1.29 is 65.5 Å². The number of fused-ring (bicyclic) bond motifs is 4. The molecule has 36 heavy (non-hydrogen) atoms. The summed E-state index contributed by atoms with van der Waals surface area (Å²) in [5.74, 6) is 0.982. The average Bonchev–Trinajstić information content (AvgIpc) is 2.84. The Hall–Kier alpha value is -1.92. The summed E-state index contributed by atoms with van der Waals surface area (Å²) in [5.41, 5.74) is 3.28. The van der Waals surface area contributed by atoms with Gasteiger partial charge in [0.15, 0.2) is 6.20 Å². The Bertz CT molecular complexity index is 1230. The molecule has 3 aliphatic rings. The summed E-state index contributed by atoms with van der Waals surface area (Å²) < 4.78 is 2.88. The first-order valence-electron chi connectivity index (χ1n) is 11.7. The van der Waals surface area contributed by atoms with Crippen LogP contribution in [0, 0.1) is 22.0 Å². The van der Waals surface area contributed by atoms with E-state index in [0.717, 1.165) is 59.0 Å². The van der Waals surface area contributed by atoms with Crippen molar-refractivity contribution in [3.05, 3.63) is 94.7 Å². The van der Waals surface area contributed by atoms with Crippen LogP contribution >= 0.6 is 0 Å². The third-order valence-electron chi connectivity index (χ3n) is 8.08. The number of benzene rings is 2. The summed E-state index contributed by atoms with van der Waals surface area (Å²) in [4.78, 5) is 10.7. The van der Waals surface area contributed by atoms with Gasteiger partial charge in [-0.1, -0.05) is 18.2 Å². The van der Waals surface area contributed by atoms with Gasteiger partial charge in [0.05, 0.1) is 23.4 Å². The summed E-state index contributed by atoms with van der Waals surface area (Å²) in [6, 6.07) is 17.3. The van der Waals surface area contributed by atoms with Crippen molar-refractivity contribution in [1.29, 1.82) is 0 Å².